The molecule has 0 aliphatic heterocycles. The van der Waals surface area contributed by atoms with Gasteiger partial charge in [-0.2, -0.15) is 0 Å². The van der Waals surface area contributed by atoms with E-state index >= 15 is 0 Å². The average Bonchev–Trinajstić information content (AvgIpc) is 2.36. The van der Waals surface area contributed by atoms with Crippen molar-refractivity contribution in [1.82, 2.24) is 4.73 Å². The predicted octanol–water partition coefficient (Wildman–Crippen LogP) is 2.32. The molecule has 1 heterocycles. The number of benzene rings is 1. The lowest BCUT2D eigenvalue weighted by molar-refractivity contribution is 0.0524. The first kappa shape index (κ1) is 13.4. The zero-order valence-corrected chi connectivity index (χ0v) is 10.5. The van der Waals surface area contributed by atoms with Crippen LogP contribution in [-0.2, 0) is 4.74 Å². The van der Waals surface area contributed by atoms with E-state index in [-0.39, 0.29) is 27.3 Å². The highest BCUT2D eigenvalue weighted by molar-refractivity contribution is 6.31. The van der Waals surface area contributed by atoms with Crippen LogP contribution in [0, 0.1) is 11.0 Å². The summed E-state index contributed by atoms with van der Waals surface area (Å²) in [6.07, 6.45) is 0.802. The van der Waals surface area contributed by atoms with Crippen LogP contribution in [0.15, 0.2) is 23.1 Å². The molecule has 100 valence electrons. The Morgan fingerprint density at radius 2 is 2.21 bits per heavy atom. The van der Waals surface area contributed by atoms with E-state index < -0.39 is 22.8 Å². The number of halogens is 2. The van der Waals surface area contributed by atoms with Gasteiger partial charge in [0, 0.05) is 17.1 Å². The Morgan fingerprint density at radius 1 is 1.53 bits per heavy atom. The summed E-state index contributed by atoms with van der Waals surface area (Å²) in [6.45, 7) is 1.62. The molecule has 0 aliphatic rings. The Morgan fingerprint density at radius 3 is 2.84 bits per heavy atom. The minimum absolute atomic E-state index is 0.0597. The molecule has 2 rings (SSSR count). The van der Waals surface area contributed by atoms with Gasteiger partial charge in [-0.1, -0.05) is 11.6 Å². The summed E-state index contributed by atoms with van der Waals surface area (Å²) in [5.41, 5.74) is -1.31. The van der Waals surface area contributed by atoms with Crippen molar-refractivity contribution in [3.63, 3.8) is 0 Å². The Labute approximate surface area is 111 Å². The maximum Gasteiger partial charge on any atom is 0.343 e. The van der Waals surface area contributed by atoms with Gasteiger partial charge in [0.1, 0.15) is 11.4 Å². The summed E-state index contributed by atoms with van der Waals surface area (Å²) >= 11 is 5.54. The Kier molecular flexibility index (Phi) is 3.44. The predicted molar refractivity (Wildman–Crippen MR) is 67.9 cm³/mol. The van der Waals surface area contributed by atoms with E-state index in [2.05, 4.69) is 4.74 Å². The van der Waals surface area contributed by atoms with Crippen molar-refractivity contribution in [1.29, 1.82) is 0 Å². The van der Waals surface area contributed by atoms with Gasteiger partial charge in [0.15, 0.2) is 0 Å². The fraction of sp³-hybridized carbons (Fsp3) is 0.167. The molecule has 7 heteroatoms. The van der Waals surface area contributed by atoms with Gasteiger partial charge in [-0.3, -0.25) is 4.79 Å². The summed E-state index contributed by atoms with van der Waals surface area (Å²) in [7, 11) is 0. The molecule has 1 aromatic heterocycles. The monoisotopic (exact) mass is 284 g/mol. The minimum atomic E-state index is -0.922. The van der Waals surface area contributed by atoms with Crippen LogP contribution in [-0.4, -0.2) is 17.3 Å². The highest BCUT2D eigenvalue weighted by Gasteiger charge is 2.16. The van der Waals surface area contributed by atoms with Crippen LogP contribution >= 0.6 is 11.6 Å². The zero-order chi connectivity index (χ0) is 14.2. The number of aromatic nitrogens is 1. The van der Waals surface area contributed by atoms with Crippen LogP contribution in [0.25, 0.3) is 10.9 Å². The highest BCUT2D eigenvalue weighted by Crippen LogP contribution is 2.21. The topological polar surface area (TPSA) is 71.4 Å². The third-order valence-corrected chi connectivity index (χ3v) is 2.80. The third kappa shape index (κ3) is 2.26. The summed E-state index contributed by atoms with van der Waals surface area (Å²) < 4.78 is 18.3. The molecule has 0 saturated heterocycles. The number of rotatable bonds is 2. The van der Waals surface area contributed by atoms with Crippen LogP contribution in [0.2, 0.25) is 5.02 Å². The molecular weight excluding hydrogens is 277 g/mol. The molecule has 0 unspecified atom stereocenters. The smallest absolute Gasteiger partial charge is 0.343 e. The van der Waals surface area contributed by atoms with Gasteiger partial charge in [0.25, 0.3) is 0 Å². The van der Waals surface area contributed by atoms with E-state index in [9.17, 15) is 19.2 Å². The number of nitrogens with zero attached hydrogens (tertiary/aromatic N) is 1. The molecule has 0 amide bonds. The quantitative estimate of drug-likeness (QED) is 0.793. The molecule has 0 radical (unpaired) electrons. The maximum atomic E-state index is 13.3. The molecular formula is C12H8ClFNO4-. The van der Waals surface area contributed by atoms with Gasteiger partial charge in [0.2, 0.25) is 5.43 Å². The van der Waals surface area contributed by atoms with Crippen LogP contribution in [0.4, 0.5) is 4.39 Å². The Bertz CT molecular complexity index is 726. The van der Waals surface area contributed by atoms with E-state index in [0.717, 1.165) is 18.3 Å². The number of hydrogen-bond donors (Lipinski definition) is 0. The van der Waals surface area contributed by atoms with Gasteiger partial charge in [-0.15, -0.1) is 0 Å². The van der Waals surface area contributed by atoms with Gasteiger partial charge < -0.3 is 14.7 Å². The largest absolute Gasteiger partial charge is 0.806 e. The SMILES string of the molecule is CCOC(=O)c1cn([O-])c2cc(Cl)c(F)cc2c1=O. The van der Waals surface area contributed by atoms with Gasteiger partial charge in [-0.25, -0.2) is 9.18 Å². The molecule has 19 heavy (non-hydrogen) atoms. The zero-order valence-electron chi connectivity index (χ0n) is 9.78. The number of fused-ring (bicyclic) bond motifs is 1. The lowest BCUT2D eigenvalue weighted by Gasteiger charge is -2.16. The molecule has 0 saturated carbocycles. The maximum absolute atomic E-state index is 13.3. The van der Waals surface area contributed by atoms with Crippen molar-refractivity contribution in [3.05, 3.63) is 50.2 Å². The van der Waals surface area contributed by atoms with Crippen molar-refractivity contribution in [2.45, 2.75) is 6.92 Å². The second kappa shape index (κ2) is 4.89. The van der Waals surface area contributed by atoms with Gasteiger partial charge in [0.05, 0.1) is 11.6 Å². The third-order valence-electron chi connectivity index (χ3n) is 2.51. The Hall–Kier alpha value is -2.08. The molecule has 0 spiro atoms. The van der Waals surface area contributed by atoms with E-state index in [0.29, 0.717) is 0 Å². The van der Waals surface area contributed by atoms with E-state index in [1.165, 1.54) is 0 Å². The lowest BCUT2D eigenvalue weighted by Crippen LogP contribution is -2.20. The molecule has 1 aromatic carbocycles. The second-order valence-electron chi connectivity index (χ2n) is 3.70. The van der Waals surface area contributed by atoms with Crippen LogP contribution in [0.3, 0.4) is 0 Å². The van der Waals surface area contributed by atoms with Crippen molar-refractivity contribution in [2.75, 3.05) is 6.61 Å². The number of pyridine rings is 1. The van der Waals surface area contributed by atoms with E-state index in [1.54, 1.807) is 6.92 Å². The fourth-order valence-corrected chi connectivity index (χ4v) is 1.80. The highest BCUT2D eigenvalue weighted by atomic mass is 35.5. The van der Waals surface area contributed by atoms with Crippen LogP contribution in [0.5, 0.6) is 0 Å². The standard InChI is InChI=1S/C12H8ClFNO4/c1-2-19-12(17)7-5-15(18)10-4-8(13)9(14)3-6(10)11(7)16/h3-5H,2H2,1H3/q-1. The van der Waals surface area contributed by atoms with Crippen LogP contribution < -0.4 is 5.43 Å². The summed E-state index contributed by atoms with van der Waals surface area (Å²) in [5.74, 6) is -1.76. The summed E-state index contributed by atoms with van der Waals surface area (Å²) in [6, 6.07) is 1.87. The van der Waals surface area contributed by atoms with Crippen molar-refractivity contribution in [2.24, 2.45) is 0 Å². The molecule has 0 bridgehead atoms. The van der Waals surface area contributed by atoms with Gasteiger partial charge >= 0.3 is 5.97 Å². The summed E-state index contributed by atoms with van der Waals surface area (Å²) in [5, 5.41) is 11.2. The molecule has 0 aliphatic carbocycles. The number of ether oxygens (including phenoxy) is 1. The summed E-state index contributed by atoms with van der Waals surface area (Å²) in [4.78, 5) is 23.5. The number of hydrogen-bond acceptors (Lipinski definition) is 4. The minimum Gasteiger partial charge on any atom is -0.806 e. The molecule has 0 atom stereocenters. The van der Waals surface area contributed by atoms with E-state index in [4.69, 9.17) is 11.6 Å². The lowest BCUT2D eigenvalue weighted by atomic mass is 10.1. The average molecular weight is 285 g/mol. The first-order valence-corrected chi connectivity index (χ1v) is 5.72. The first-order chi connectivity index (χ1) is 8.95. The van der Waals surface area contributed by atoms with Crippen LogP contribution in [0.1, 0.15) is 17.3 Å². The fourth-order valence-electron chi connectivity index (χ4n) is 1.65. The van der Waals surface area contributed by atoms with Crippen molar-refractivity contribution < 1.29 is 13.9 Å². The van der Waals surface area contributed by atoms with Crippen molar-refractivity contribution >= 4 is 28.5 Å². The second-order valence-corrected chi connectivity index (χ2v) is 4.11. The molecule has 0 N–H and O–H groups in total. The molecule has 5 nitrogen and oxygen atoms in total. The first-order valence-electron chi connectivity index (χ1n) is 5.34. The molecule has 2 aromatic rings. The van der Waals surface area contributed by atoms with Gasteiger partial charge in [-0.05, 0) is 19.1 Å². The molecule has 0 fully saturated rings. The van der Waals surface area contributed by atoms with E-state index in [1.807, 2.05) is 0 Å². The number of carbonyl (C=O) groups is 1. The number of carbonyl (C=O) groups excluding carboxylic acids is 1. The normalized spacial score (nSPS) is 10.7. The number of esters is 1. The Balaban J connectivity index is 2.78. The van der Waals surface area contributed by atoms with Crippen molar-refractivity contribution in [3.8, 4) is 0 Å².